The molecule has 1 saturated carbocycles. The fourth-order valence-electron chi connectivity index (χ4n) is 3.72. The first kappa shape index (κ1) is 20.2. The van der Waals surface area contributed by atoms with Gasteiger partial charge in [-0.05, 0) is 69.7 Å². The maximum Gasteiger partial charge on any atom is 0.409 e. The minimum atomic E-state index is -0.962. The zero-order valence-electron chi connectivity index (χ0n) is 16.8. The van der Waals surface area contributed by atoms with Crippen LogP contribution < -0.4 is 10.6 Å². The van der Waals surface area contributed by atoms with Gasteiger partial charge in [0.2, 0.25) is 11.8 Å². The molecule has 2 aliphatic rings. The van der Waals surface area contributed by atoms with E-state index < -0.39 is 5.41 Å². The van der Waals surface area contributed by atoms with E-state index in [-0.39, 0.29) is 23.9 Å². The highest BCUT2D eigenvalue weighted by Gasteiger charge is 2.56. The highest BCUT2D eigenvalue weighted by atomic mass is 16.6. The Kier molecular flexibility index (Phi) is 5.91. The quantitative estimate of drug-likeness (QED) is 0.761. The zero-order chi connectivity index (χ0) is 20.3. The zero-order valence-corrected chi connectivity index (χ0v) is 16.8. The Hall–Kier alpha value is -2.57. The van der Waals surface area contributed by atoms with Crippen molar-refractivity contribution in [3.8, 4) is 0 Å². The van der Waals surface area contributed by atoms with Crippen LogP contribution in [-0.2, 0) is 14.3 Å². The van der Waals surface area contributed by atoms with Gasteiger partial charge in [-0.3, -0.25) is 9.59 Å². The predicted octanol–water partition coefficient (Wildman–Crippen LogP) is 2.76. The topological polar surface area (TPSA) is 87.7 Å². The molecular weight excluding hydrogens is 358 g/mol. The largest absolute Gasteiger partial charge is 0.450 e. The number of rotatable bonds is 5. The maximum atomic E-state index is 12.8. The van der Waals surface area contributed by atoms with Crippen molar-refractivity contribution >= 4 is 23.6 Å². The molecule has 0 radical (unpaired) electrons. The van der Waals surface area contributed by atoms with Crippen molar-refractivity contribution < 1.29 is 19.1 Å². The molecule has 0 bridgehead atoms. The number of ether oxygens (including phenoxy) is 1. The first-order chi connectivity index (χ1) is 13.3. The van der Waals surface area contributed by atoms with Gasteiger partial charge in [-0.15, -0.1) is 0 Å². The summed E-state index contributed by atoms with van der Waals surface area (Å²) in [7, 11) is 0. The van der Waals surface area contributed by atoms with E-state index in [2.05, 4.69) is 10.6 Å². The Labute approximate surface area is 165 Å². The Morgan fingerprint density at radius 2 is 1.68 bits per heavy atom. The monoisotopic (exact) mass is 387 g/mol. The van der Waals surface area contributed by atoms with Gasteiger partial charge in [-0.2, -0.15) is 0 Å². The predicted molar refractivity (Wildman–Crippen MR) is 106 cm³/mol. The summed E-state index contributed by atoms with van der Waals surface area (Å²) in [6.07, 6.45) is 2.16. The second kappa shape index (κ2) is 8.20. The summed E-state index contributed by atoms with van der Waals surface area (Å²) in [6.45, 7) is 7.18. The van der Waals surface area contributed by atoms with Crippen LogP contribution >= 0.6 is 0 Å². The van der Waals surface area contributed by atoms with E-state index in [9.17, 15) is 14.4 Å². The molecule has 1 heterocycles. The molecule has 0 aromatic heterocycles. The lowest BCUT2D eigenvalue weighted by Crippen LogP contribution is -2.50. The second-order valence-corrected chi connectivity index (χ2v) is 7.85. The van der Waals surface area contributed by atoms with Crippen molar-refractivity contribution in [3.63, 3.8) is 0 Å². The lowest BCUT2D eigenvalue weighted by atomic mass is 10.0. The fourth-order valence-corrected chi connectivity index (χ4v) is 3.72. The van der Waals surface area contributed by atoms with Crippen LogP contribution in [0.3, 0.4) is 0 Å². The number of anilines is 1. The van der Waals surface area contributed by atoms with Crippen LogP contribution in [-0.4, -0.2) is 48.5 Å². The molecule has 2 N–H and O–H groups in total. The Morgan fingerprint density at radius 1 is 1.07 bits per heavy atom. The van der Waals surface area contributed by atoms with Crippen molar-refractivity contribution in [2.75, 3.05) is 25.0 Å². The van der Waals surface area contributed by atoms with Gasteiger partial charge in [-0.25, -0.2) is 4.79 Å². The Morgan fingerprint density at radius 3 is 2.21 bits per heavy atom. The van der Waals surface area contributed by atoms with Crippen molar-refractivity contribution in [2.24, 2.45) is 5.41 Å². The summed E-state index contributed by atoms with van der Waals surface area (Å²) in [5.74, 6) is -0.442. The van der Waals surface area contributed by atoms with Gasteiger partial charge >= 0.3 is 6.09 Å². The van der Waals surface area contributed by atoms with E-state index in [1.54, 1.807) is 11.8 Å². The highest BCUT2D eigenvalue weighted by molar-refractivity contribution is 6.13. The summed E-state index contributed by atoms with van der Waals surface area (Å²) >= 11 is 0. The summed E-state index contributed by atoms with van der Waals surface area (Å²) in [4.78, 5) is 39.0. The van der Waals surface area contributed by atoms with E-state index in [1.807, 2.05) is 32.0 Å². The summed E-state index contributed by atoms with van der Waals surface area (Å²) in [6, 6.07) is 5.83. The highest BCUT2D eigenvalue weighted by Crippen LogP contribution is 2.47. The number of benzene rings is 1. The van der Waals surface area contributed by atoms with E-state index in [0.717, 1.165) is 16.8 Å². The number of piperidine rings is 1. The molecule has 1 aliphatic heterocycles. The van der Waals surface area contributed by atoms with Crippen molar-refractivity contribution in [2.45, 2.75) is 52.5 Å². The lowest BCUT2D eigenvalue weighted by molar-refractivity contribution is -0.135. The molecule has 1 aromatic rings. The van der Waals surface area contributed by atoms with Gasteiger partial charge in [0, 0.05) is 24.8 Å². The van der Waals surface area contributed by atoms with Crippen LogP contribution in [0, 0.1) is 19.3 Å². The van der Waals surface area contributed by atoms with Crippen LogP contribution in [0.25, 0.3) is 0 Å². The number of nitrogens with zero attached hydrogens (tertiary/aromatic N) is 1. The summed E-state index contributed by atoms with van der Waals surface area (Å²) < 4.78 is 5.01. The average molecular weight is 387 g/mol. The molecule has 1 aliphatic carbocycles. The first-order valence-electron chi connectivity index (χ1n) is 9.96. The lowest BCUT2D eigenvalue weighted by Gasteiger charge is -2.32. The minimum Gasteiger partial charge on any atom is -0.450 e. The maximum absolute atomic E-state index is 12.8. The number of nitrogens with one attached hydrogen (secondary N) is 2. The van der Waals surface area contributed by atoms with Gasteiger partial charge in [0.1, 0.15) is 5.41 Å². The molecule has 7 heteroatoms. The third-order valence-electron chi connectivity index (χ3n) is 5.46. The van der Waals surface area contributed by atoms with E-state index in [4.69, 9.17) is 4.74 Å². The van der Waals surface area contributed by atoms with Crippen molar-refractivity contribution in [1.82, 2.24) is 10.2 Å². The fraction of sp³-hybridized carbons (Fsp3) is 0.571. The summed E-state index contributed by atoms with van der Waals surface area (Å²) in [5.41, 5.74) is 1.90. The molecule has 0 spiro atoms. The van der Waals surface area contributed by atoms with E-state index in [1.165, 1.54) is 0 Å². The molecule has 1 aromatic carbocycles. The molecule has 0 unspecified atom stereocenters. The van der Waals surface area contributed by atoms with Crippen LogP contribution in [0.1, 0.15) is 43.7 Å². The number of aryl methyl sites for hydroxylation is 2. The Balaban J connectivity index is 1.54. The van der Waals surface area contributed by atoms with E-state index >= 15 is 0 Å². The van der Waals surface area contributed by atoms with Crippen LogP contribution in [0.5, 0.6) is 0 Å². The van der Waals surface area contributed by atoms with Crippen molar-refractivity contribution in [3.05, 3.63) is 29.3 Å². The van der Waals surface area contributed by atoms with Crippen LogP contribution in [0.2, 0.25) is 0 Å². The first-order valence-corrected chi connectivity index (χ1v) is 9.96. The molecular formula is C21H29N3O4. The number of amides is 3. The molecule has 3 amide bonds. The minimum absolute atomic E-state index is 0.0235. The average Bonchev–Trinajstić information content (AvgIpc) is 3.43. The molecule has 152 valence electrons. The summed E-state index contributed by atoms with van der Waals surface area (Å²) in [5, 5.41) is 5.94. The molecule has 0 atom stereocenters. The number of hydrogen-bond acceptors (Lipinski definition) is 4. The molecule has 7 nitrogen and oxygen atoms in total. The standard InChI is InChI=1S/C21H29N3O4/c1-4-28-20(27)24-9-5-16(6-10-24)22-18(25)21(7-8-21)19(26)23-17-12-14(2)11-15(3)13-17/h11-13,16H,4-10H2,1-3H3,(H,22,25)(H,23,26). The van der Waals surface area contributed by atoms with Crippen LogP contribution in [0.4, 0.5) is 10.5 Å². The van der Waals surface area contributed by atoms with E-state index in [0.29, 0.717) is 45.4 Å². The van der Waals surface area contributed by atoms with Gasteiger partial charge in [0.25, 0.3) is 0 Å². The second-order valence-electron chi connectivity index (χ2n) is 7.85. The SMILES string of the molecule is CCOC(=O)N1CCC(NC(=O)C2(C(=O)Nc3cc(C)cc(C)c3)CC2)CC1. The van der Waals surface area contributed by atoms with Gasteiger partial charge in [-0.1, -0.05) is 6.07 Å². The van der Waals surface area contributed by atoms with Gasteiger partial charge in [0.15, 0.2) is 0 Å². The Bertz CT molecular complexity index is 745. The van der Waals surface area contributed by atoms with Crippen LogP contribution in [0.15, 0.2) is 18.2 Å². The number of hydrogen-bond donors (Lipinski definition) is 2. The molecule has 3 rings (SSSR count). The normalized spacial score (nSPS) is 18.3. The molecule has 2 fully saturated rings. The third-order valence-corrected chi connectivity index (χ3v) is 5.46. The van der Waals surface area contributed by atoms with Crippen molar-refractivity contribution in [1.29, 1.82) is 0 Å². The van der Waals surface area contributed by atoms with Gasteiger partial charge < -0.3 is 20.3 Å². The third kappa shape index (κ3) is 4.46. The number of carbonyl (C=O) groups is 3. The number of carbonyl (C=O) groups excluding carboxylic acids is 3. The van der Waals surface area contributed by atoms with Gasteiger partial charge in [0.05, 0.1) is 6.61 Å². The molecule has 28 heavy (non-hydrogen) atoms. The molecule has 1 saturated heterocycles. The number of likely N-dealkylation sites (tertiary alicyclic amines) is 1. The smallest absolute Gasteiger partial charge is 0.409 e.